The predicted octanol–water partition coefficient (Wildman–Crippen LogP) is 3.31. The van der Waals surface area contributed by atoms with E-state index in [0.29, 0.717) is 11.5 Å². The number of thiophene rings is 1. The molecule has 0 amide bonds. The van der Waals surface area contributed by atoms with E-state index in [-0.39, 0.29) is 5.00 Å². The van der Waals surface area contributed by atoms with Crippen molar-refractivity contribution < 1.29 is 4.92 Å². The summed E-state index contributed by atoms with van der Waals surface area (Å²) in [5.74, 6) is 0.534. The van der Waals surface area contributed by atoms with E-state index >= 15 is 0 Å². The number of nitro groups is 1. The highest BCUT2D eigenvalue weighted by Gasteiger charge is 2.20. The van der Waals surface area contributed by atoms with Crippen molar-refractivity contribution in [1.29, 1.82) is 0 Å². The van der Waals surface area contributed by atoms with Gasteiger partial charge in [-0.1, -0.05) is 41.7 Å². The first-order valence-electron chi connectivity index (χ1n) is 6.20. The van der Waals surface area contributed by atoms with Crippen molar-refractivity contribution >= 4 is 22.2 Å². The van der Waals surface area contributed by atoms with Gasteiger partial charge in [0.15, 0.2) is 0 Å². The van der Waals surface area contributed by atoms with Gasteiger partial charge in [0.1, 0.15) is 11.5 Å². The Labute approximate surface area is 124 Å². The molecule has 0 fully saturated rings. The van der Waals surface area contributed by atoms with Crippen LogP contribution in [0.25, 0.3) is 21.7 Å². The second kappa shape index (κ2) is 5.02. The van der Waals surface area contributed by atoms with E-state index in [1.165, 1.54) is 6.07 Å². The molecule has 7 heteroatoms. The fraction of sp³-hybridized carbons (Fsp3) is 0.0714. The Balaban J connectivity index is 2.19. The first-order valence-corrected chi connectivity index (χ1v) is 7.02. The second-order valence-electron chi connectivity index (χ2n) is 4.49. The number of hydrogen-bond acceptors (Lipinski definition) is 5. The van der Waals surface area contributed by atoms with Gasteiger partial charge in [0, 0.05) is 13.1 Å². The smallest absolute Gasteiger partial charge is 0.324 e. The lowest BCUT2D eigenvalue weighted by atomic mass is 10.0. The maximum absolute atomic E-state index is 10.8. The van der Waals surface area contributed by atoms with Crippen LogP contribution in [0, 0.1) is 10.1 Å². The molecule has 3 aromatic rings. The van der Waals surface area contributed by atoms with Gasteiger partial charge in [0.05, 0.1) is 15.4 Å². The van der Waals surface area contributed by atoms with Crippen LogP contribution in [0.15, 0.2) is 42.5 Å². The largest absolute Gasteiger partial charge is 0.383 e. The topological polar surface area (TPSA) is 87.0 Å². The number of nitrogen functional groups attached to an aromatic ring is 1. The molecule has 0 aliphatic carbocycles. The summed E-state index contributed by atoms with van der Waals surface area (Å²) in [6.07, 6.45) is 0. The lowest BCUT2D eigenvalue weighted by molar-refractivity contribution is -0.380. The summed E-state index contributed by atoms with van der Waals surface area (Å²) in [6, 6.07) is 12.8. The summed E-state index contributed by atoms with van der Waals surface area (Å²) >= 11 is 1.09. The number of anilines is 1. The molecular weight excluding hydrogens is 288 g/mol. The third-order valence-electron chi connectivity index (χ3n) is 3.16. The Bertz CT molecular complexity index is 808. The van der Waals surface area contributed by atoms with E-state index in [2.05, 4.69) is 5.10 Å². The Morgan fingerprint density at radius 2 is 1.95 bits per heavy atom. The zero-order chi connectivity index (χ0) is 15.0. The molecule has 2 heterocycles. The third kappa shape index (κ3) is 2.27. The molecule has 1 aromatic carbocycles. The van der Waals surface area contributed by atoms with Gasteiger partial charge in [-0.2, -0.15) is 5.10 Å². The van der Waals surface area contributed by atoms with E-state index in [0.717, 1.165) is 27.3 Å². The fourth-order valence-corrected chi connectivity index (χ4v) is 2.96. The van der Waals surface area contributed by atoms with Gasteiger partial charge in [-0.3, -0.25) is 14.8 Å². The molecule has 0 atom stereocenters. The SMILES string of the molecule is Cn1nc(-c2ccc([N+](=O)[O-])s2)c(-c2ccccc2)c1N. The highest BCUT2D eigenvalue weighted by molar-refractivity contribution is 7.18. The Hall–Kier alpha value is -2.67. The van der Waals surface area contributed by atoms with Crippen LogP contribution in [-0.2, 0) is 7.05 Å². The Kier molecular flexibility index (Phi) is 3.19. The monoisotopic (exact) mass is 300 g/mol. The van der Waals surface area contributed by atoms with Gasteiger partial charge in [0.2, 0.25) is 0 Å². The highest BCUT2D eigenvalue weighted by atomic mass is 32.1. The van der Waals surface area contributed by atoms with E-state index in [9.17, 15) is 10.1 Å². The van der Waals surface area contributed by atoms with Crippen LogP contribution in [0.5, 0.6) is 0 Å². The van der Waals surface area contributed by atoms with E-state index < -0.39 is 4.92 Å². The molecule has 0 bridgehead atoms. The predicted molar refractivity (Wildman–Crippen MR) is 83.0 cm³/mol. The minimum absolute atomic E-state index is 0.0910. The quantitative estimate of drug-likeness (QED) is 0.594. The van der Waals surface area contributed by atoms with Crippen LogP contribution >= 0.6 is 11.3 Å². The lowest BCUT2D eigenvalue weighted by Crippen LogP contribution is -1.97. The van der Waals surface area contributed by atoms with Gasteiger partial charge in [-0.05, 0) is 11.6 Å². The van der Waals surface area contributed by atoms with Crippen LogP contribution in [0.4, 0.5) is 10.8 Å². The van der Waals surface area contributed by atoms with Gasteiger partial charge in [0.25, 0.3) is 0 Å². The molecule has 0 unspecified atom stereocenters. The normalized spacial score (nSPS) is 10.7. The van der Waals surface area contributed by atoms with Crippen molar-refractivity contribution in [1.82, 2.24) is 9.78 Å². The maximum atomic E-state index is 10.8. The average molecular weight is 300 g/mol. The van der Waals surface area contributed by atoms with Gasteiger partial charge in [-0.25, -0.2) is 0 Å². The van der Waals surface area contributed by atoms with Crippen molar-refractivity contribution in [2.45, 2.75) is 0 Å². The van der Waals surface area contributed by atoms with Crippen LogP contribution in [0.2, 0.25) is 0 Å². The van der Waals surface area contributed by atoms with Crippen LogP contribution in [-0.4, -0.2) is 14.7 Å². The van der Waals surface area contributed by atoms with Crippen LogP contribution in [0.3, 0.4) is 0 Å². The van der Waals surface area contributed by atoms with Crippen molar-refractivity contribution in [2.75, 3.05) is 5.73 Å². The number of nitrogens with zero attached hydrogens (tertiary/aromatic N) is 3. The maximum Gasteiger partial charge on any atom is 0.324 e. The molecule has 0 saturated carbocycles. The number of rotatable bonds is 3. The summed E-state index contributed by atoms with van der Waals surface area (Å²) in [5, 5.41) is 15.3. The van der Waals surface area contributed by atoms with Gasteiger partial charge < -0.3 is 5.73 Å². The number of benzene rings is 1. The number of aromatic nitrogens is 2. The van der Waals surface area contributed by atoms with Crippen molar-refractivity contribution in [3.8, 4) is 21.7 Å². The summed E-state index contributed by atoms with van der Waals surface area (Å²) in [7, 11) is 1.76. The molecule has 21 heavy (non-hydrogen) atoms. The van der Waals surface area contributed by atoms with Crippen molar-refractivity contribution in [3.63, 3.8) is 0 Å². The minimum atomic E-state index is -0.400. The average Bonchev–Trinajstić information content (AvgIpc) is 3.06. The highest BCUT2D eigenvalue weighted by Crippen LogP contribution is 2.40. The van der Waals surface area contributed by atoms with Crippen molar-refractivity contribution in [2.24, 2.45) is 7.05 Å². The molecular formula is C14H12N4O2S. The molecule has 0 aliphatic heterocycles. The standard InChI is InChI=1S/C14H12N4O2S/c1-17-14(15)12(9-5-3-2-4-6-9)13(16-17)10-7-8-11(21-10)18(19)20/h2-8H,15H2,1H3. The first kappa shape index (κ1) is 13.3. The van der Waals surface area contributed by atoms with Crippen LogP contribution < -0.4 is 5.73 Å². The molecule has 0 spiro atoms. The van der Waals surface area contributed by atoms with Crippen molar-refractivity contribution in [3.05, 3.63) is 52.6 Å². The molecule has 0 saturated heterocycles. The zero-order valence-corrected chi connectivity index (χ0v) is 12.0. The molecule has 106 valence electrons. The van der Waals surface area contributed by atoms with Gasteiger partial charge in [-0.15, -0.1) is 0 Å². The molecule has 6 nitrogen and oxygen atoms in total. The number of hydrogen-bond donors (Lipinski definition) is 1. The molecule has 2 N–H and O–H groups in total. The first-order chi connectivity index (χ1) is 10.1. The summed E-state index contributed by atoms with van der Waals surface area (Å²) < 4.78 is 1.59. The number of aryl methyl sites for hydroxylation is 1. The summed E-state index contributed by atoms with van der Waals surface area (Å²) in [6.45, 7) is 0. The molecule has 3 rings (SSSR count). The molecule has 2 aromatic heterocycles. The van der Waals surface area contributed by atoms with E-state index in [4.69, 9.17) is 5.73 Å². The number of nitrogens with two attached hydrogens (primary N) is 1. The van der Waals surface area contributed by atoms with E-state index in [1.807, 2.05) is 30.3 Å². The minimum Gasteiger partial charge on any atom is -0.383 e. The Morgan fingerprint density at radius 3 is 2.57 bits per heavy atom. The van der Waals surface area contributed by atoms with E-state index in [1.54, 1.807) is 17.8 Å². The summed E-state index contributed by atoms with van der Waals surface area (Å²) in [4.78, 5) is 11.2. The second-order valence-corrected chi connectivity index (χ2v) is 5.56. The third-order valence-corrected chi connectivity index (χ3v) is 4.20. The van der Waals surface area contributed by atoms with Crippen LogP contribution in [0.1, 0.15) is 0 Å². The summed E-state index contributed by atoms with van der Waals surface area (Å²) in [5.41, 5.74) is 8.52. The fourth-order valence-electron chi connectivity index (χ4n) is 2.15. The van der Waals surface area contributed by atoms with Gasteiger partial charge >= 0.3 is 5.00 Å². The lowest BCUT2D eigenvalue weighted by Gasteiger charge is -2.02. The zero-order valence-electron chi connectivity index (χ0n) is 11.2. The molecule has 0 aliphatic rings. The Morgan fingerprint density at radius 1 is 1.24 bits per heavy atom. The molecule has 0 radical (unpaired) electrons.